The molecule has 0 radical (unpaired) electrons. The van der Waals surface area contributed by atoms with Gasteiger partial charge in [0.1, 0.15) is 5.75 Å². The van der Waals surface area contributed by atoms with Crippen LogP contribution in [0.5, 0.6) is 5.75 Å². The summed E-state index contributed by atoms with van der Waals surface area (Å²) in [6, 6.07) is 16.0. The number of ether oxygens (including phenoxy) is 1. The Hall–Kier alpha value is -2.33. The first-order chi connectivity index (χ1) is 13.2. The number of nitrogens with one attached hydrogen (secondary N) is 1. The number of anilines is 1. The number of hydrogen-bond donors (Lipinski definition) is 1. The minimum Gasteiger partial charge on any atom is -0.497 e. The van der Waals surface area contributed by atoms with Crippen molar-refractivity contribution in [2.45, 2.75) is 25.7 Å². The van der Waals surface area contributed by atoms with Crippen LogP contribution in [-0.4, -0.2) is 37.6 Å². The van der Waals surface area contributed by atoms with E-state index in [-0.39, 0.29) is 11.8 Å². The molecule has 1 aliphatic heterocycles. The minimum absolute atomic E-state index is 0.0847. The Labute approximate surface area is 161 Å². The first kappa shape index (κ1) is 18.1. The first-order valence-corrected chi connectivity index (χ1v) is 9.99. The van der Waals surface area contributed by atoms with Crippen molar-refractivity contribution < 1.29 is 9.53 Å². The quantitative estimate of drug-likeness (QED) is 0.825. The fourth-order valence-corrected chi connectivity index (χ4v) is 3.95. The zero-order valence-electron chi connectivity index (χ0n) is 16.0. The van der Waals surface area contributed by atoms with E-state index in [1.165, 1.54) is 19.4 Å². The summed E-state index contributed by atoms with van der Waals surface area (Å²) < 4.78 is 5.25. The lowest BCUT2D eigenvalue weighted by Crippen LogP contribution is -2.41. The molecule has 1 heterocycles. The first-order valence-electron chi connectivity index (χ1n) is 9.99. The second-order valence-electron chi connectivity index (χ2n) is 7.81. The molecule has 0 spiro atoms. The lowest BCUT2D eigenvalue weighted by Gasteiger charge is -2.32. The molecule has 2 aromatic carbocycles. The molecule has 1 amide bonds. The van der Waals surface area contributed by atoms with E-state index >= 15 is 0 Å². The van der Waals surface area contributed by atoms with Gasteiger partial charge in [-0.3, -0.25) is 4.79 Å². The van der Waals surface area contributed by atoms with E-state index in [0.717, 1.165) is 54.4 Å². The molecule has 2 aromatic rings. The largest absolute Gasteiger partial charge is 0.497 e. The van der Waals surface area contributed by atoms with Gasteiger partial charge in [0.2, 0.25) is 5.91 Å². The molecule has 4 nitrogen and oxygen atoms in total. The smallest absolute Gasteiger partial charge is 0.228 e. The molecule has 4 heteroatoms. The van der Waals surface area contributed by atoms with Gasteiger partial charge in [-0.1, -0.05) is 30.3 Å². The Bertz CT molecular complexity index is 783. The normalized spacial score (nSPS) is 20.3. The number of hydrogen-bond acceptors (Lipinski definition) is 3. The monoisotopic (exact) mass is 364 g/mol. The van der Waals surface area contributed by atoms with Crippen molar-refractivity contribution in [2.24, 2.45) is 11.8 Å². The lowest BCUT2D eigenvalue weighted by atomic mass is 9.96. The van der Waals surface area contributed by atoms with Crippen LogP contribution in [0.1, 0.15) is 25.7 Å². The number of likely N-dealkylation sites (tertiary alicyclic amines) is 1. The third-order valence-electron chi connectivity index (χ3n) is 5.68. The number of rotatable bonds is 6. The molecule has 1 aliphatic carbocycles. The summed E-state index contributed by atoms with van der Waals surface area (Å²) in [5.74, 6) is 1.94. The van der Waals surface area contributed by atoms with Crippen molar-refractivity contribution in [3.63, 3.8) is 0 Å². The van der Waals surface area contributed by atoms with Crippen LogP contribution in [0, 0.1) is 11.8 Å². The standard InChI is InChI=1S/C23H28N2O2/c1-27-20-12-10-18(11-13-20)21-6-2-3-7-22(21)24-23(26)19-5-4-14-25(16-19)15-17-8-9-17/h2-3,6-7,10-13,17,19H,4-5,8-9,14-16H2,1H3,(H,24,26). The Kier molecular flexibility index (Phi) is 5.44. The highest BCUT2D eigenvalue weighted by Gasteiger charge is 2.30. The highest BCUT2D eigenvalue weighted by Crippen LogP contribution is 2.32. The minimum atomic E-state index is 0.0847. The molecule has 2 fully saturated rings. The van der Waals surface area contributed by atoms with Crippen molar-refractivity contribution in [1.82, 2.24) is 4.90 Å². The summed E-state index contributed by atoms with van der Waals surface area (Å²) in [5, 5.41) is 3.20. The summed E-state index contributed by atoms with van der Waals surface area (Å²) in [7, 11) is 1.67. The van der Waals surface area contributed by atoms with Crippen LogP contribution in [0.25, 0.3) is 11.1 Å². The van der Waals surface area contributed by atoms with E-state index in [1.807, 2.05) is 42.5 Å². The number of methoxy groups -OCH3 is 1. The van der Waals surface area contributed by atoms with Crippen LogP contribution < -0.4 is 10.1 Å². The van der Waals surface area contributed by atoms with Crippen LogP contribution in [0.2, 0.25) is 0 Å². The number of piperidine rings is 1. The van der Waals surface area contributed by atoms with E-state index in [0.29, 0.717) is 0 Å². The average Bonchev–Trinajstić information content (AvgIpc) is 3.53. The number of carbonyl (C=O) groups is 1. The van der Waals surface area contributed by atoms with Gasteiger partial charge in [-0.05, 0) is 61.9 Å². The van der Waals surface area contributed by atoms with Gasteiger partial charge >= 0.3 is 0 Å². The second-order valence-corrected chi connectivity index (χ2v) is 7.81. The van der Waals surface area contributed by atoms with E-state index in [2.05, 4.69) is 16.3 Å². The SMILES string of the molecule is COc1ccc(-c2ccccc2NC(=O)C2CCCN(CC3CC3)C2)cc1. The Morgan fingerprint density at radius 1 is 1.11 bits per heavy atom. The van der Waals surface area contributed by atoms with Gasteiger partial charge in [0.15, 0.2) is 0 Å². The molecular weight excluding hydrogens is 336 g/mol. The molecule has 142 valence electrons. The molecule has 1 N–H and O–H groups in total. The maximum atomic E-state index is 12.9. The van der Waals surface area contributed by atoms with E-state index in [1.54, 1.807) is 7.11 Å². The van der Waals surface area contributed by atoms with Crippen LogP contribution in [0.4, 0.5) is 5.69 Å². The van der Waals surface area contributed by atoms with Crippen LogP contribution in [0.15, 0.2) is 48.5 Å². The van der Waals surface area contributed by atoms with Gasteiger partial charge in [-0.15, -0.1) is 0 Å². The second kappa shape index (κ2) is 8.13. The molecule has 0 bridgehead atoms. The van der Waals surface area contributed by atoms with Crippen molar-refractivity contribution in [3.05, 3.63) is 48.5 Å². The van der Waals surface area contributed by atoms with Crippen molar-refractivity contribution >= 4 is 11.6 Å². The highest BCUT2D eigenvalue weighted by atomic mass is 16.5. The van der Waals surface area contributed by atoms with Gasteiger partial charge in [0.05, 0.1) is 13.0 Å². The molecule has 4 rings (SSSR count). The number of amides is 1. The highest BCUT2D eigenvalue weighted by molar-refractivity contribution is 5.97. The predicted octanol–water partition coefficient (Wildman–Crippen LogP) is 4.42. The fourth-order valence-electron chi connectivity index (χ4n) is 3.95. The van der Waals surface area contributed by atoms with Crippen molar-refractivity contribution in [2.75, 3.05) is 32.1 Å². The Balaban J connectivity index is 1.46. The zero-order chi connectivity index (χ0) is 18.6. The van der Waals surface area contributed by atoms with Crippen molar-refractivity contribution in [1.29, 1.82) is 0 Å². The molecule has 1 saturated carbocycles. The van der Waals surface area contributed by atoms with E-state index in [4.69, 9.17) is 4.74 Å². The molecule has 27 heavy (non-hydrogen) atoms. The third-order valence-corrected chi connectivity index (χ3v) is 5.68. The van der Waals surface area contributed by atoms with E-state index in [9.17, 15) is 4.79 Å². The molecule has 1 atom stereocenters. The summed E-state index contributed by atoms with van der Waals surface area (Å²) in [5.41, 5.74) is 3.00. The summed E-state index contributed by atoms with van der Waals surface area (Å²) in [4.78, 5) is 15.4. The topological polar surface area (TPSA) is 41.6 Å². The van der Waals surface area contributed by atoms with Crippen LogP contribution in [-0.2, 0) is 4.79 Å². The van der Waals surface area contributed by atoms with E-state index < -0.39 is 0 Å². The molecule has 0 aromatic heterocycles. The molecule has 2 aliphatic rings. The summed E-state index contributed by atoms with van der Waals surface area (Å²) >= 11 is 0. The number of carbonyl (C=O) groups excluding carboxylic acids is 1. The summed E-state index contributed by atoms with van der Waals surface area (Å²) in [6.07, 6.45) is 4.83. The predicted molar refractivity (Wildman–Crippen MR) is 109 cm³/mol. The van der Waals surface area contributed by atoms with Crippen LogP contribution >= 0.6 is 0 Å². The maximum absolute atomic E-state index is 12.9. The number of para-hydroxylation sites is 1. The maximum Gasteiger partial charge on any atom is 0.228 e. The van der Waals surface area contributed by atoms with Crippen molar-refractivity contribution in [3.8, 4) is 16.9 Å². The van der Waals surface area contributed by atoms with Gasteiger partial charge in [-0.25, -0.2) is 0 Å². The third kappa shape index (κ3) is 4.51. The summed E-state index contributed by atoms with van der Waals surface area (Å²) in [6.45, 7) is 3.21. The fraction of sp³-hybridized carbons (Fsp3) is 0.435. The number of nitrogens with zero attached hydrogens (tertiary/aromatic N) is 1. The average molecular weight is 364 g/mol. The number of benzene rings is 2. The van der Waals surface area contributed by atoms with Gasteiger partial charge in [0, 0.05) is 24.3 Å². The molecular formula is C23H28N2O2. The lowest BCUT2D eigenvalue weighted by molar-refractivity contribution is -0.121. The molecule has 1 saturated heterocycles. The Morgan fingerprint density at radius 3 is 2.63 bits per heavy atom. The molecule has 1 unspecified atom stereocenters. The van der Waals surface area contributed by atoms with Gasteiger partial charge < -0.3 is 15.0 Å². The van der Waals surface area contributed by atoms with Crippen LogP contribution in [0.3, 0.4) is 0 Å². The van der Waals surface area contributed by atoms with Gasteiger partial charge in [-0.2, -0.15) is 0 Å². The van der Waals surface area contributed by atoms with Gasteiger partial charge in [0.25, 0.3) is 0 Å². The zero-order valence-corrected chi connectivity index (χ0v) is 16.0. The Morgan fingerprint density at radius 2 is 1.89 bits per heavy atom.